The Morgan fingerprint density at radius 2 is 2.00 bits per heavy atom. The zero-order valence-corrected chi connectivity index (χ0v) is 11.8. The lowest BCUT2D eigenvalue weighted by Gasteiger charge is -2.17. The van der Waals surface area contributed by atoms with Crippen LogP contribution in [0.2, 0.25) is 0 Å². The van der Waals surface area contributed by atoms with E-state index in [2.05, 4.69) is 6.92 Å². The first-order chi connectivity index (χ1) is 8.61. The summed E-state index contributed by atoms with van der Waals surface area (Å²) in [7, 11) is 0. The standard InChI is InChI=1S/C12H18N2O2.C2H6/c1-3-6-9(4-2)14-8-5-7-10(11(13)15)12(14)16;1-2/h5,7-9H,3-4,6H2,1-2H3,(H2,13,15);1-2H3. The topological polar surface area (TPSA) is 65.1 Å². The molecule has 1 aromatic heterocycles. The minimum atomic E-state index is -0.661. The number of pyridine rings is 1. The van der Waals surface area contributed by atoms with Crippen LogP contribution in [0.15, 0.2) is 23.1 Å². The Morgan fingerprint density at radius 1 is 1.39 bits per heavy atom. The molecule has 4 nitrogen and oxygen atoms in total. The average molecular weight is 252 g/mol. The highest BCUT2D eigenvalue weighted by atomic mass is 16.2. The van der Waals surface area contributed by atoms with Gasteiger partial charge in [0.25, 0.3) is 11.5 Å². The number of rotatable bonds is 5. The fourth-order valence-corrected chi connectivity index (χ4v) is 1.86. The summed E-state index contributed by atoms with van der Waals surface area (Å²) >= 11 is 0. The molecule has 0 fully saturated rings. The third kappa shape index (κ3) is 4.02. The van der Waals surface area contributed by atoms with E-state index in [1.165, 1.54) is 6.07 Å². The van der Waals surface area contributed by atoms with Crippen molar-refractivity contribution in [3.8, 4) is 0 Å². The van der Waals surface area contributed by atoms with E-state index in [9.17, 15) is 9.59 Å². The molecule has 0 aliphatic carbocycles. The highest BCUT2D eigenvalue weighted by Crippen LogP contribution is 2.15. The Bertz CT molecular complexity index is 424. The molecule has 1 atom stereocenters. The Labute approximate surface area is 109 Å². The van der Waals surface area contributed by atoms with Crippen molar-refractivity contribution in [2.45, 2.75) is 53.0 Å². The van der Waals surface area contributed by atoms with Crippen molar-refractivity contribution < 1.29 is 4.79 Å². The van der Waals surface area contributed by atoms with E-state index >= 15 is 0 Å². The largest absolute Gasteiger partial charge is 0.365 e. The number of nitrogens with two attached hydrogens (primary N) is 1. The molecule has 1 heterocycles. The summed E-state index contributed by atoms with van der Waals surface area (Å²) in [6, 6.07) is 3.32. The molecule has 0 radical (unpaired) electrons. The minimum absolute atomic E-state index is 0.0667. The van der Waals surface area contributed by atoms with Crippen LogP contribution in [0.3, 0.4) is 0 Å². The summed E-state index contributed by atoms with van der Waals surface area (Å²) in [6.45, 7) is 8.11. The lowest BCUT2D eigenvalue weighted by molar-refractivity contribution is 0.0998. The molecule has 1 rings (SSSR count). The van der Waals surface area contributed by atoms with Gasteiger partial charge in [0, 0.05) is 12.2 Å². The summed E-state index contributed by atoms with van der Waals surface area (Å²) < 4.78 is 1.61. The van der Waals surface area contributed by atoms with Crippen LogP contribution in [0.5, 0.6) is 0 Å². The number of amides is 1. The molecule has 0 saturated heterocycles. The van der Waals surface area contributed by atoms with Gasteiger partial charge in [-0.15, -0.1) is 0 Å². The zero-order valence-electron chi connectivity index (χ0n) is 11.8. The van der Waals surface area contributed by atoms with Gasteiger partial charge in [0.2, 0.25) is 0 Å². The first kappa shape index (κ1) is 16.4. The number of carbonyl (C=O) groups is 1. The van der Waals surface area contributed by atoms with Crippen LogP contribution in [0.4, 0.5) is 0 Å². The van der Waals surface area contributed by atoms with Gasteiger partial charge in [-0.25, -0.2) is 0 Å². The first-order valence-corrected chi connectivity index (χ1v) is 6.62. The minimum Gasteiger partial charge on any atom is -0.365 e. The van der Waals surface area contributed by atoms with Crippen LogP contribution in [-0.2, 0) is 0 Å². The molecule has 0 aromatic carbocycles. The molecule has 102 valence electrons. The normalized spacial score (nSPS) is 11.3. The van der Waals surface area contributed by atoms with Gasteiger partial charge in [0.05, 0.1) is 0 Å². The third-order valence-corrected chi connectivity index (χ3v) is 2.73. The van der Waals surface area contributed by atoms with Crippen LogP contribution < -0.4 is 11.3 Å². The van der Waals surface area contributed by atoms with E-state index in [0.717, 1.165) is 19.3 Å². The van der Waals surface area contributed by atoms with E-state index in [4.69, 9.17) is 5.73 Å². The number of carbonyl (C=O) groups excluding carboxylic acids is 1. The molecular weight excluding hydrogens is 228 g/mol. The lowest BCUT2D eigenvalue weighted by atomic mass is 10.1. The highest BCUT2D eigenvalue weighted by molar-refractivity contribution is 5.92. The van der Waals surface area contributed by atoms with Crippen molar-refractivity contribution in [2.75, 3.05) is 0 Å². The van der Waals surface area contributed by atoms with E-state index < -0.39 is 5.91 Å². The Balaban J connectivity index is 0.00000137. The monoisotopic (exact) mass is 252 g/mol. The number of hydrogen-bond acceptors (Lipinski definition) is 2. The molecule has 0 aliphatic rings. The van der Waals surface area contributed by atoms with Gasteiger partial charge in [0.15, 0.2) is 0 Å². The Kier molecular flexibility index (Phi) is 7.76. The number of primary amides is 1. The van der Waals surface area contributed by atoms with E-state index in [1.54, 1.807) is 16.8 Å². The fourth-order valence-electron chi connectivity index (χ4n) is 1.86. The van der Waals surface area contributed by atoms with Gasteiger partial charge in [-0.05, 0) is 25.0 Å². The van der Waals surface area contributed by atoms with Gasteiger partial charge in [-0.2, -0.15) is 0 Å². The average Bonchev–Trinajstić information content (AvgIpc) is 2.38. The second kappa shape index (κ2) is 8.50. The molecular formula is C14H24N2O2. The number of hydrogen-bond donors (Lipinski definition) is 1. The summed E-state index contributed by atoms with van der Waals surface area (Å²) in [5, 5.41) is 0. The molecule has 1 aromatic rings. The summed E-state index contributed by atoms with van der Waals surface area (Å²) in [5.74, 6) is -0.661. The van der Waals surface area contributed by atoms with Crippen molar-refractivity contribution in [1.29, 1.82) is 0 Å². The molecule has 1 amide bonds. The molecule has 0 saturated carbocycles. The van der Waals surface area contributed by atoms with Crippen LogP contribution in [-0.4, -0.2) is 10.5 Å². The van der Waals surface area contributed by atoms with Gasteiger partial charge in [0.1, 0.15) is 5.56 Å². The second-order valence-electron chi connectivity index (χ2n) is 3.85. The first-order valence-electron chi connectivity index (χ1n) is 6.62. The van der Waals surface area contributed by atoms with Crippen LogP contribution in [0.25, 0.3) is 0 Å². The van der Waals surface area contributed by atoms with E-state index in [-0.39, 0.29) is 17.2 Å². The zero-order chi connectivity index (χ0) is 14.1. The van der Waals surface area contributed by atoms with Crippen LogP contribution in [0, 0.1) is 0 Å². The van der Waals surface area contributed by atoms with E-state index in [1.807, 2.05) is 20.8 Å². The summed E-state index contributed by atoms with van der Waals surface area (Å²) in [5.41, 5.74) is 4.93. The van der Waals surface area contributed by atoms with E-state index in [0.29, 0.717) is 0 Å². The maximum atomic E-state index is 11.9. The summed E-state index contributed by atoms with van der Waals surface area (Å²) in [4.78, 5) is 23.0. The lowest BCUT2D eigenvalue weighted by Crippen LogP contribution is -2.31. The molecule has 1 unspecified atom stereocenters. The van der Waals surface area contributed by atoms with Crippen molar-refractivity contribution in [2.24, 2.45) is 5.73 Å². The quantitative estimate of drug-likeness (QED) is 0.875. The number of nitrogens with zero attached hydrogens (tertiary/aromatic N) is 1. The number of aromatic nitrogens is 1. The van der Waals surface area contributed by atoms with Crippen LogP contribution in [0.1, 0.15) is 63.4 Å². The highest BCUT2D eigenvalue weighted by Gasteiger charge is 2.13. The summed E-state index contributed by atoms with van der Waals surface area (Å²) in [6.07, 6.45) is 4.53. The SMILES string of the molecule is CC.CCCC(CC)n1cccc(C(N)=O)c1=O. The maximum absolute atomic E-state index is 11.9. The van der Waals surface area contributed by atoms with Crippen molar-refractivity contribution in [1.82, 2.24) is 4.57 Å². The molecule has 2 N–H and O–H groups in total. The van der Waals surface area contributed by atoms with Gasteiger partial charge >= 0.3 is 0 Å². The van der Waals surface area contributed by atoms with Crippen molar-refractivity contribution in [3.63, 3.8) is 0 Å². The van der Waals surface area contributed by atoms with Gasteiger partial charge in [-0.3, -0.25) is 9.59 Å². The Hall–Kier alpha value is -1.58. The smallest absolute Gasteiger partial charge is 0.263 e. The van der Waals surface area contributed by atoms with Gasteiger partial charge < -0.3 is 10.3 Å². The fraction of sp³-hybridized carbons (Fsp3) is 0.571. The molecule has 0 spiro atoms. The maximum Gasteiger partial charge on any atom is 0.263 e. The molecule has 0 bridgehead atoms. The van der Waals surface area contributed by atoms with Crippen LogP contribution >= 0.6 is 0 Å². The predicted octanol–water partition coefficient (Wildman–Crippen LogP) is 2.72. The Morgan fingerprint density at radius 3 is 2.44 bits per heavy atom. The van der Waals surface area contributed by atoms with Gasteiger partial charge in [-0.1, -0.05) is 34.1 Å². The second-order valence-corrected chi connectivity index (χ2v) is 3.85. The van der Waals surface area contributed by atoms with Crippen molar-refractivity contribution in [3.05, 3.63) is 34.2 Å². The predicted molar refractivity (Wildman–Crippen MR) is 74.8 cm³/mol. The molecule has 0 aliphatic heterocycles. The molecule has 18 heavy (non-hydrogen) atoms. The molecule has 4 heteroatoms. The van der Waals surface area contributed by atoms with Crippen molar-refractivity contribution >= 4 is 5.91 Å². The third-order valence-electron chi connectivity index (χ3n) is 2.73.